The molecule has 0 bridgehead atoms. The van der Waals surface area contributed by atoms with E-state index >= 15 is 0 Å². The standard InChI is InChI=1S/C11H11F3O3/c1-15-7-2-3-9(11(12,13)14)8(6-7)10-16-4-5-17-10/h2-3,6,10H,4-5H2,1H3. The number of methoxy groups -OCH3 is 1. The van der Waals surface area contributed by atoms with E-state index in [-0.39, 0.29) is 5.56 Å². The molecule has 6 heteroatoms. The number of alkyl halides is 3. The predicted octanol–water partition coefficient (Wildman–Crippen LogP) is 2.76. The van der Waals surface area contributed by atoms with Gasteiger partial charge in [0.15, 0.2) is 6.29 Å². The zero-order chi connectivity index (χ0) is 12.5. The molecule has 17 heavy (non-hydrogen) atoms. The fourth-order valence-electron chi connectivity index (χ4n) is 1.66. The molecule has 1 fully saturated rings. The van der Waals surface area contributed by atoms with E-state index in [1.54, 1.807) is 0 Å². The minimum Gasteiger partial charge on any atom is -0.497 e. The van der Waals surface area contributed by atoms with Crippen LogP contribution in [-0.2, 0) is 15.7 Å². The molecule has 94 valence electrons. The Kier molecular flexibility index (Phi) is 3.26. The van der Waals surface area contributed by atoms with Gasteiger partial charge in [-0.05, 0) is 18.2 Å². The lowest BCUT2D eigenvalue weighted by Gasteiger charge is -2.17. The molecule has 1 aliphatic rings. The third-order valence-electron chi connectivity index (χ3n) is 2.44. The van der Waals surface area contributed by atoms with Crippen molar-refractivity contribution in [2.45, 2.75) is 12.5 Å². The van der Waals surface area contributed by atoms with Gasteiger partial charge in [0.25, 0.3) is 0 Å². The average Bonchev–Trinajstić information content (AvgIpc) is 2.80. The summed E-state index contributed by atoms with van der Waals surface area (Å²) in [4.78, 5) is 0. The number of ether oxygens (including phenoxy) is 3. The van der Waals surface area contributed by atoms with Crippen molar-refractivity contribution < 1.29 is 27.4 Å². The molecule has 0 N–H and O–H groups in total. The van der Waals surface area contributed by atoms with Gasteiger partial charge >= 0.3 is 6.18 Å². The summed E-state index contributed by atoms with van der Waals surface area (Å²) in [7, 11) is 1.39. The molecule has 0 spiro atoms. The van der Waals surface area contributed by atoms with Gasteiger partial charge < -0.3 is 14.2 Å². The van der Waals surface area contributed by atoms with E-state index < -0.39 is 18.0 Å². The molecule has 2 rings (SSSR count). The molecule has 1 aromatic carbocycles. The Labute approximate surface area is 96.1 Å². The highest BCUT2D eigenvalue weighted by molar-refractivity contribution is 5.38. The van der Waals surface area contributed by atoms with Crippen LogP contribution >= 0.6 is 0 Å². The quantitative estimate of drug-likeness (QED) is 0.805. The van der Waals surface area contributed by atoms with E-state index in [0.29, 0.717) is 19.0 Å². The van der Waals surface area contributed by atoms with Gasteiger partial charge in [-0.2, -0.15) is 13.2 Å². The van der Waals surface area contributed by atoms with E-state index in [9.17, 15) is 13.2 Å². The van der Waals surface area contributed by atoms with Crippen molar-refractivity contribution in [2.75, 3.05) is 20.3 Å². The van der Waals surface area contributed by atoms with Crippen LogP contribution in [0.5, 0.6) is 5.75 Å². The highest BCUT2D eigenvalue weighted by Gasteiger charge is 2.37. The summed E-state index contributed by atoms with van der Waals surface area (Å²) in [5.41, 5.74) is -0.806. The molecule has 0 amide bonds. The molecule has 0 saturated carbocycles. The molecule has 1 saturated heterocycles. The van der Waals surface area contributed by atoms with Crippen molar-refractivity contribution in [1.29, 1.82) is 0 Å². The monoisotopic (exact) mass is 248 g/mol. The molecule has 0 unspecified atom stereocenters. The van der Waals surface area contributed by atoms with Gasteiger partial charge in [-0.1, -0.05) is 0 Å². The van der Waals surface area contributed by atoms with E-state index in [1.807, 2.05) is 0 Å². The second-order valence-corrected chi connectivity index (χ2v) is 3.52. The maximum absolute atomic E-state index is 12.8. The largest absolute Gasteiger partial charge is 0.497 e. The second kappa shape index (κ2) is 4.54. The zero-order valence-corrected chi connectivity index (χ0v) is 9.08. The highest BCUT2D eigenvalue weighted by Crippen LogP contribution is 2.38. The van der Waals surface area contributed by atoms with Crippen LogP contribution in [0.4, 0.5) is 13.2 Å². The molecule has 3 nitrogen and oxygen atoms in total. The zero-order valence-electron chi connectivity index (χ0n) is 9.08. The number of rotatable bonds is 2. The van der Waals surface area contributed by atoms with Crippen molar-refractivity contribution in [3.05, 3.63) is 29.3 Å². The summed E-state index contributed by atoms with van der Waals surface area (Å²) < 4.78 is 53.5. The van der Waals surface area contributed by atoms with E-state index in [0.717, 1.165) is 6.07 Å². The highest BCUT2D eigenvalue weighted by atomic mass is 19.4. The van der Waals surface area contributed by atoms with Crippen LogP contribution in [0.3, 0.4) is 0 Å². The van der Waals surface area contributed by atoms with Gasteiger partial charge in [0, 0.05) is 5.56 Å². The summed E-state index contributed by atoms with van der Waals surface area (Å²) in [5, 5.41) is 0. The van der Waals surface area contributed by atoms with E-state index in [1.165, 1.54) is 19.2 Å². The van der Waals surface area contributed by atoms with Crippen LogP contribution in [0, 0.1) is 0 Å². The summed E-state index contributed by atoms with van der Waals surface area (Å²) in [6, 6.07) is 3.53. The molecule has 0 aromatic heterocycles. The fraction of sp³-hybridized carbons (Fsp3) is 0.455. The topological polar surface area (TPSA) is 27.7 Å². The Balaban J connectivity index is 2.43. The normalized spacial score (nSPS) is 17.4. The van der Waals surface area contributed by atoms with Crippen molar-refractivity contribution in [2.24, 2.45) is 0 Å². The summed E-state index contributed by atoms with van der Waals surface area (Å²) in [5.74, 6) is 0.340. The van der Waals surface area contributed by atoms with Gasteiger partial charge in [0.05, 0.1) is 25.9 Å². The van der Waals surface area contributed by atoms with Gasteiger partial charge in [-0.25, -0.2) is 0 Å². The summed E-state index contributed by atoms with van der Waals surface area (Å²) in [6.45, 7) is 0.582. The SMILES string of the molecule is COc1ccc(C(F)(F)F)c(C2OCCO2)c1. The Bertz CT molecular complexity index is 397. The maximum Gasteiger partial charge on any atom is 0.416 e. The molecule has 1 aliphatic heterocycles. The van der Waals surface area contributed by atoms with Crippen LogP contribution in [0.2, 0.25) is 0 Å². The summed E-state index contributed by atoms with van der Waals surface area (Å²) in [6.07, 6.45) is -5.40. The van der Waals surface area contributed by atoms with Gasteiger partial charge in [-0.15, -0.1) is 0 Å². The lowest BCUT2D eigenvalue weighted by molar-refractivity contribution is -0.142. The second-order valence-electron chi connectivity index (χ2n) is 3.52. The van der Waals surface area contributed by atoms with Crippen LogP contribution in [-0.4, -0.2) is 20.3 Å². The van der Waals surface area contributed by atoms with Crippen molar-refractivity contribution in [1.82, 2.24) is 0 Å². The molecular formula is C11H11F3O3. The molecule has 1 heterocycles. The first kappa shape index (κ1) is 12.2. The first-order valence-electron chi connectivity index (χ1n) is 5.00. The molecule has 0 aliphatic carbocycles. The van der Waals surface area contributed by atoms with E-state index in [4.69, 9.17) is 14.2 Å². The van der Waals surface area contributed by atoms with Crippen molar-refractivity contribution in [3.8, 4) is 5.75 Å². The Hall–Kier alpha value is -1.27. The van der Waals surface area contributed by atoms with Gasteiger partial charge in [0.1, 0.15) is 5.75 Å². The third kappa shape index (κ3) is 2.53. The van der Waals surface area contributed by atoms with E-state index in [2.05, 4.69) is 0 Å². The van der Waals surface area contributed by atoms with Gasteiger partial charge in [0.2, 0.25) is 0 Å². The van der Waals surface area contributed by atoms with Crippen molar-refractivity contribution >= 4 is 0 Å². The lowest BCUT2D eigenvalue weighted by atomic mass is 10.1. The number of hydrogen-bond donors (Lipinski definition) is 0. The van der Waals surface area contributed by atoms with Gasteiger partial charge in [-0.3, -0.25) is 0 Å². The Morgan fingerprint density at radius 2 is 1.88 bits per heavy atom. The average molecular weight is 248 g/mol. The number of benzene rings is 1. The molecule has 1 aromatic rings. The number of halogens is 3. The van der Waals surface area contributed by atoms with Crippen molar-refractivity contribution in [3.63, 3.8) is 0 Å². The van der Waals surface area contributed by atoms with Crippen LogP contribution in [0.15, 0.2) is 18.2 Å². The molecule has 0 radical (unpaired) electrons. The lowest BCUT2D eigenvalue weighted by Crippen LogP contribution is -2.12. The fourth-order valence-corrected chi connectivity index (χ4v) is 1.66. The van der Waals surface area contributed by atoms with Crippen LogP contribution in [0.1, 0.15) is 17.4 Å². The Morgan fingerprint density at radius 3 is 2.41 bits per heavy atom. The molecular weight excluding hydrogens is 237 g/mol. The first-order chi connectivity index (χ1) is 8.02. The summed E-state index contributed by atoms with van der Waals surface area (Å²) >= 11 is 0. The first-order valence-corrected chi connectivity index (χ1v) is 5.00. The molecule has 0 atom stereocenters. The smallest absolute Gasteiger partial charge is 0.416 e. The minimum absolute atomic E-state index is 0.0469. The number of hydrogen-bond acceptors (Lipinski definition) is 3. The minimum atomic E-state index is -4.43. The van der Waals surface area contributed by atoms with Crippen LogP contribution < -0.4 is 4.74 Å². The predicted molar refractivity (Wildman–Crippen MR) is 52.6 cm³/mol. The maximum atomic E-state index is 12.8. The third-order valence-corrected chi connectivity index (χ3v) is 2.44. The Morgan fingerprint density at radius 1 is 1.24 bits per heavy atom. The van der Waals surface area contributed by atoms with Crippen LogP contribution in [0.25, 0.3) is 0 Å².